The monoisotopic (exact) mass is 141 g/mol. The first-order valence-corrected chi connectivity index (χ1v) is 3.69. The van der Waals surface area contributed by atoms with E-state index in [2.05, 4.69) is 5.32 Å². The maximum absolute atomic E-state index is 10.8. The molecule has 3 nitrogen and oxygen atoms in total. The molecule has 1 aliphatic carbocycles. The average molecular weight is 141 g/mol. The molecule has 10 heavy (non-hydrogen) atoms. The number of nitrogens with one attached hydrogen (secondary N) is 1. The smallest absolute Gasteiger partial charge is 0.220 e. The molecule has 3 heteroatoms. The van der Waals surface area contributed by atoms with Crippen LogP contribution in [0.2, 0.25) is 0 Å². The number of aliphatic hydroxyl groups is 1. The van der Waals surface area contributed by atoms with Crippen molar-refractivity contribution in [2.45, 2.75) is 24.8 Å². The Labute approximate surface area is 59.4 Å². The number of carbonyl (C=O) groups is 1. The summed E-state index contributed by atoms with van der Waals surface area (Å²) in [6.07, 6.45) is 2.56. The second kappa shape index (κ2) is 1.72. The Bertz CT molecular complexity index is 180. The molecule has 56 valence electrons. The van der Waals surface area contributed by atoms with Gasteiger partial charge in [-0.15, -0.1) is 0 Å². The van der Waals surface area contributed by atoms with Gasteiger partial charge in [0.25, 0.3) is 0 Å². The molecule has 0 aromatic rings. The third-order valence-corrected chi connectivity index (χ3v) is 2.64. The predicted molar refractivity (Wildman–Crippen MR) is 35.3 cm³/mol. The van der Waals surface area contributed by atoms with Crippen LogP contribution in [0, 0.1) is 5.92 Å². The van der Waals surface area contributed by atoms with E-state index in [1.165, 1.54) is 0 Å². The molecule has 1 spiro atoms. The Morgan fingerprint density at radius 3 is 3.00 bits per heavy atom. The summed E-state index contributed by atoms with van der Waals surface area (Å²) < 4.78 is 0. The van der Waals surface area contributed by atoms with Crippen LogP contribution in [0.4, 0.5) is 0 Å². The van der Waals surface area contributed by atoms with E-state index in [-0.39, 0.29) is 18.1 Å². The first kappa shape index (κ1) is 6.16. The van der Waals surface area contributed by atoms with Crippen LogP contribution in [0.1, 0.15) is 19.3 Å². The Balaban J connectivity index is 2.02. The fraction of sp³-hybridized carbons (Fsp3) is 0.857. The molecule has 1 amide bonds. The maximum atomic E-state index is 10.8. The summed E-state index contributed by atoms with van der Waals surface area (Å²) >= 11 is 0. The molecule has 2 rings (SSSR count). The number of rotatable bonds is 1. The van der Waals surface area contributed by atoms with E-state index in [0.717, 1.165) is 12.8 Å². The minimum Gasteiger partial charge on any atom is -0.396 e. The second-order valence-corrected chi connectivity index (χ2v) is 3.29. The quantitative estimate of drug-likeness (QED) is 0.524. The van der Waals surface area contributed by atoms with Gasteiger partial charge in [0.2, 0.25) is 5.91 Å². The molecule has 1 saturated carbocycles. The van der Waals surface area contributed by atoms with Gasteiger partial charge in [-0.2, -0.15) is 0 Å². The van der Waals surface area contributed by atoms with Crippen molar-refractivity contribution in [3.63, 3.8) is 0 Å². The Morgan fingerprint density at radius 2 is 2.60 bits per heavy atom. The van der Waals surface area contributed by atoms with E-state index < -0.39 is 0 Å². The molecule has 0 aromatic carbocycles. The molecular weight excluding hydrogens is 130 g/mol. The zero-order chi connectivity index (χ0) is 7.19. The number of hydrogen-bond acceptors (Lipinski definition) is 2. The van der Waals surface area contributed by atoms with E-state index in [4.69, 9.17) is 5.11 Å². The predicted octanol–water partition coefficient (Wildman–Crippen LogP) is -0.353. The molecule has 1 aliphatic heterocycles. The normalized spacial score (nSPS) is 44.1. The van der Waals surface area contributed by atoms with Gasteiger partial charge in [0, 0.05) is 24.5 Å². The lowest BCUT2D eigenvalue weighted by molar-refractivity contribution is -0.119. The van der Waals surface area contributed by atoms with Gasteiger partial charge in [-0.05, 0) is 12.8 Å². The summed E-state index contributed by atoms with van der Waals surface area (Å²) in [4.78, 5) is 10.8. The van der Waals surface area contributed by atoms with Crippen molar-refractivity contribution in [1.29, 1.82) is 0 Å². The van der Waals surface area contributed by atoms with Crippen LogP contribution < -0.4 is 5.32 Å². The van der Waals surface area contributed by atoms with Crippen molar-refractivity contribution >= 4 is 5.91 Å². The molecule has 2 N–H and O–H groups in total. The molecule has 1 saturated heterocycles. The van der Waals surface area contributed by atoms with Gasteiger partial charge in [-0.1, -0.05) is 0 Å². The highest BCUT2D eigenvalue weighted by molar-refractivity contribution is 5.80. The van der Waals surface area contributed by atoms with Crippen molar-refractivity contribution in [2.75, 3.05) is 6.61 Å². The highest BCUT2D eigenvalue weighted by Gasteiger charge is 2.57. The SMILES string of the molecule is O=C1CC[C@@]2(C[C@H]2CO)N1. The lowest BCUT2D eigenvalue weighted by Crippen LogP contribution is -2.29. The largest absolute Gasteiger partial charge is 0.396 e. The van der Waals surface area contributed by atoms with Crippen LogP contribution in [-0.4, -0.2) is 23.2 Å². The summed E-state index contributed by atoms with van der Waals surface area (Å²) in [5.74, 6) is 0.495. The van der Waals surface area contributed by atoms with Crippen molar-refractivity contribution in [3.05, 3.63) is 0 Å². The fourth-order valence-electron chi connectivity index (χ4n) is 1.82. The van der Waals surface area contributed by atoms with Gasteiger partial charge in [-0.25, -0.2) is 0 Å². The average Bonchev–Trinajstić information content (AvgIpc) is 2.46. The molecule has 0 bridgehead atoms. The van der Waals surface area contributed by atoms with Gasteiger partial charge in [0.1, 0.15) is 0 Å². The van der Waals surface area contributed by atoms with Crippen molar-refractivity contribution in [3.8, 4) is 0 Å². The lowest BCUT2D eigenvalue weighted by Gasteiger charge is -2.06. The zero-order valence-corrected chi connectivity index (χ0v) is 5.76. The standard InChI is InChI=1S/C7H11NO2/c9-4-5-3-7(5)2-1-6(10)8-7/h5,9H,1-4H2,(H,8,10)/t5-,7-/m0/s1. The maximum Gasteiger partial charge on any atom is 0.220 e. The van der Waals surface area contributed by atoms with Crippen LogP contribution in [0.25, 0.3) is 0 Å². The molecule has 0 aromatic heterocycles. The minimum absolute atomic E-state index is 0.0336. The minimum atomic E-state index is 0.0336. The van der Waals surface area contributed by atoms with Crippen LogP contribution >= 0.6 is 0 Å². The fourth-order valence-corrected chi connectivity index (χ4v) is 1.82. The summed E-state index contributed by atoms with van der Waals surface area (Å²) in [5.41, 5.74) is 0.0336. The van der Waals surface area contributed by atoms with E-state index in [1.807, 2.05) is 0 Å². The highest BCUT2D eigenvalue weighted by atomic mass is 16.3. The van der Waals surface area contributed by atoms with E-state index in [9.17, 15) is 4.79 Å². The lowest BCUT2D eigenvalue weighted by atomic mass is 10.1. The molecule has 2 fully saturated rings. The Kier molecular flexibility index (Phi) is 1.06. The Hall–Kier alpha value is -0.570. The van der Waals surface area contributed by atoms with Gasteiger partial charge < -0.3 is 10.4 Å². The van der Waals surface area contributed by atoms with Gasteiger partial charge >= 0.3 is 0 Å². The number of hydrogen-bond donors (Lipinski definition) is 2. The van der Waals surface area contributed by atoms with E-state index >= 15 is 0 Å². The Morgan fingerprint density at radius 1 is 1.80 bits per heavy atom. The summed E-state index contributed by atoms with van der Waals surface area (Å²) in [7, 11) is 0. The molecule has 0 radical (unpaired) electrons. The first-order chi connectivity index (χ1) is 4.77. The molecule has 2 atom stereocenters. The second-order valence-electron chi connectivity index (χ2n) is 3.29. The van der Waals surface area contributed by atoms with Crippen LogP contribution in [0.3, 0.4) is 0 Å². The summed E-state index contributed by atoms with van der Waals surface area (Å²) in [6.45, 7) is 0.222. The molecular formula is C7H11NO2. The number of amides is 1. The molecule has 0 unspecified atom stereocenters. The molecule has 2 aliphatic rings. The van der Waals surface area contributed by atoms with Crippen molar-refractivity contribution in [1.82, 2.24) is 5.32 Å². The van der Waals surface area contributed by atoms with Crippen molar-refractivity contribution < 1.29 is 9.90 Å². The summed E-state index contributed by atoms with van der Waals surface area (Å²) in [5, 5.41) is 11.7. The van der Waals surface area contributed by atoms with E-state index in [1.54, 1.807) is 0 Å². The van der Waals surface area contributed by atoms with Gasteiger partial charge in [0.05, 0.1) is 0 Å². The highest BCUT2D eigenvalue weighted by Crippen LogP contribution is 2.49. The van der Waals surface area contributed by atoms with Crippen molar-refractivity contribution in [2.24, 2.45) is 5.92 Å². The third-order valence-electron chi connectivity index (χ3n) is 2.64. The summed E-state index contributed by atoms with van der Waals surface area (Å²) in [6, 6.07) is 0. The van der Waals surface area contributed by atoms with Crippen LogP contribution in [0.5, 0.6) is 0 Å². The third kappa shape index (κ3) is 0.669. The van der Waals surface area contributed by atoms with Crippen LogP contribution in [0.15, 0.2) is 0 Å². The van der Waals surface area contributed by atoms with Crippen LogP contribution in [-0.2, 0) is 4.79 Å². The van der Waals surface area contributed by atoms with E-state index in [0.29, 0.717) is 12.3 Å². The molecule has 1 heterocycles. The first-order valence-electron chi connectivity index (χ1n) is 3.69. The number of aliphatic hydroxyl groups excluding tert-OH is 1. The number of carbonyl (C=O) groups excluding carboxylic acids is 1. The van der Waals surface area contributed by atoms with Gasteiger partial charge in [0.15, 0.2) is 0 Å². The van der Waals surface area contributed by atoms with Gasteiger partial charge in [-0.3, -0.25) is 4.79 Å². The zero-order valence-electron chi connectivity index (χ0n) is 5.76. The topological polar surface area (TPSA) is 49.3 Å².